The molecule has 1 N–H and O–H groups in total. The Hall–Kier alpha value is -1.53. The number of carbonyl (C=O) groups excluding carboxylic acids is 2. The Balaban J connectivity index is 1.70. The molecule has 1 unspecified atom stereocenters. The third-order valence-corrected chi connectivity index (χ3v) is 5.24. The largest absolute Gasteiger partial charge is 0.378 e. The van der Waals surface area contributed by atoms with E-state index in [2.05, 4.69) is 43.4 Å². The third-order valence-electron chi connectivity index (χ3n) is 4.32. The van der Waals surface area contributed by atoms with Crippen molar-refractivity contribution in [2.24, 2.45) is 5.92 Å². The molecule has 1 saturated heterocycles. The van der Waals surface area contributed by atoms with E-state index in [-0.39, 0.29) is 17.9 Å². The van der Waals surface area contributed by atoms with E-state index in [1.165, 1.54) is 17.3 Å². The highest BCUT2D eigenvalue weighted by atomic mass is 32.2. The number of morpholine rings is 1. The molecule has 0 aromatic heterocycles. The van der Waals surface area contributed by atoms with E-state index in [0.29, 0.717) is 43.7 Å². The molecule has 26 heavy (non-hydrogen) atoms. The molecule has 1 aliphatic heterocycles. The molecule has 2 amide bonds. The summed E-state index contributed by atoms with van der Waals surface area (Å²) in [6.07, 6.45) is 1.06. The molecule has 0 saturated carbocycles. The minimum absolute atomic E-state index is 0.0360. The van der Waals surface area contributed by atoms with Gasteiger partial charge in [0.1, 0.15) is 0 Å². The quantitative estimate of drug-likeness (QED) is 0.756. The van der Waals surface area contributed by atoms with Gasteiger partial charge in [-0.15, -0.1) is 11.8 Å². The number of hydrogen-bond donors (Lipinski definition) is 1. The van der Waals surface area contributed by atoms with Crippen LogP contribution in [0.2, 0.25) is 0 Å². The summed E-state index contributed by atoms with van der Waals surface area (Å²) in [5.41, 5.74) is 2.42. The summed E-state index contributed by atoms with van der Waals surface area (Å²) in [5.74, 6) is 1.32. The number of benzene rings is 1. The van der Waals surface area contributed by atoms with Crippen molar-refractivity contribution in [3.8, 4) is 0 Å². The maximum absolute atomic E-state index is 12.1. The Kier molecular flexibility index (Phi) is 8.45. The van der Waals surface area contributed by atoms with Gasteiger partial charge in [-0.05, 0) is 30.4 Å². The third kappa shape index (κ3) is 7.00. The lowest BCUT2D eigenvalue weighted by Crippen LogP contribution is -2.41. The summed E-state index contributed by atoms with van der Waals surface area (Å²) < 4.78 is 5.24. The molecule has 1 aromatic rings. The highest BCUT2D eigenvalue weighted by Crippen LogP contribution is 2.16. The zero-order chi connectivity index (χ0) is 18.9. The molecule has 2 rings (SSSR count). The van der Waals surface area contributed by atoms with Crippen LogP contribution >= 0.6 is 11.8 Å². The summed E-state index contributed by atoms with van der Waals surface area (Å²) in [7, 11) is 0. The molecule has 5 nitrogen and oxygen atoms in total. The lowest BCUT2D eigenvalue weighted by molar-refractivity contribution is -0.132. The van der Waals surface area contributed by atoms with E-state index < -0.39 is 0 Å². The minimum atomic E-state index is -0.0384. The summed E-state index contributed by atoms with van der Waals surface area (Å²) in [6.45, 7) is 8.90. The van der Waals surface area contributed by atoms with Crippen molar-refractivity contribution >= 4 is 23.6 Å². The maximum Gasteiger partial charge on any atom is 0.232 e. The van der Waals surface area contributed by atoms with Crippen molar-refractivity contribution in [1.29, 1.82) is 0 Å². The SMILES string of the molecule is CC(C)Cc1ccc(C(C)NC(=O)CSCC(=O)N2CCOCC2)cc1. The van der Waals surface area contributed by atoms with Crippen molar-refractivity contribution < 1.29 is 14.3 Å². The fourth-order valence-corrected chi connectivity index (χ4v) is 3.64. The second kappa shape index (κ2) is 10.6. The second-order valence-corrected chi connectivity index (χ2v) is 8.10. The van der Waals surface area contributed by atoms with Crippen LogP contribution in [0.15, 0.2) is 24.3 Å². The number of carbonyl (C=O) groups is 2. The van der Waals surface area contributed by atoms with Crippen LogP contribution in [0.5, 0.6) is 0 Å². The monoisotopic (exact) mass is 378 g/mol. The molecule has 0 bridgehead atoms. The van der Waals surface area contributed by atoms with Gasteiger partial charge in [0.2, 0.25) is 11.8 Å². The van der Waals surface area contributed by atoms with Crippen LogP contribution in [0.25, 0.3) is 0 Å². The van der Waals surface area contributed by atoms with Crippen LogP contribution in [-0.2, 0) is 20.7 Å². The number of rotatable bonds is 8. The smallest absolute Gasteiger partial charge is 0.232 e. The summed E-state index contributed by atoms with van der Waals surface area (Å²) in [5, 5.41) is 3.01. The summed E-state index contributed by atoms with van der Waals surface area (Å²) >= 11 is 1.37. The Bertz CT molecular complexity index is 583. The highest BCUT2D eigenvalue weighted by molar-refractivity contribution is 8.00. The van der Waals surface area contributed by atoms with Crippen LogP contribution in [0.3, 0.4) is 0 Å². The van der Waals surface area contributed by atoms with E-state index in [0.717, 1.165) is 12.0 Å². The van der Waals surface area contributed by atoms with Crippen LogP contribution in [0, 0.1) is 5.92 Å². The van der Waals surface area contributed by atoms with Gasteiger partial charge in [0.05, 0.1) is 30.8 Å². The zero-order valence-electron chi connectivity index (χ0n) is 16.0. The molecule has 1 aromatic carbocycles. The van der Waals surface area contributed by atoms with Gasteiger partial charge >= 0.3 is 0 Å². The van der Waals surface area contributed by atoms with Gasteiger partial charge in [0, 0.05) is 13.1 Å². The first-order valence-electron chi connectivity index (χ1n) is 9.27. The van der Waals surface area contributed by atoms with E-state index in [9.17, 15) is 9.59 Å². The maximum atomic E-state index is 12.1. The fourth-order valence-electron chi connectivity index (χ4n) is 2.92. The van der Waals surface area contributed by atoms with Crippen LogP contribution in [-0.4, -0.2) is 54.5 Å². The average molecular weight is 379 g/mol. The van der Waals surface area contributed by atoms with Gasteiger partial charge in [-0.2, -0.15) is 0 Å². The lowest BCUT2D eigenvalue weighted by atomic mass is 10.00. The topological polar surface area (TPSA) is 58.6 Å². The molecule has 1 fully saturated rings. The molecule has 144 valence electrons. The average Bonchev–Trinajstić information content (AvgIpc) is 2.62. The molecule has 1 heterocycles. The first-order chi connectivity index (χ1) is 12.5. The summed E-state index contributed by atoms with van der Waals surface area (Å²) in [4.78, 5) is 26.0. The second-order valence-electron chi connectivity index (χ2n) is 7.11. The number of nitrogens with one attached hydrogen (secondary N) is 1. The van der Waals surface area contributed by atoms with Gasteiger partial charge in [0.25, 0.3) is 0 Å². The highest BCUT2D eigenvalue weighted by Gasteiger charge is 2.17. The van der Waals surface area contributed by atoms with Crippen molar-refractivity contribution in [2.45, 2.75) is 33.2 Å². The summed E-state index contributed by atoms with van der Waals surface area (Å²) in [6, 6.07) is 8.39. The van der Waals surface area contributed by atoms with Gasteiger partial charge < -0.3 is 15.0 Å². The number of ether oxygens (including phenoxy) is 1. The molecule has 0 spiro atoms. The predicted octanol–water partition coefficient (Wildman–Crippen LogP) is 2.65. The molecule has 1 aliphatic rings. The normalized spacial score (nSPS) is 15.8. The number of hydrogen-bond acceptors (Lipinski definition) is 4. The molecule has 0 aliphatic carbocycles. The molecular weight excluding hydrogens is 348 g/mol. The Morgan fingerprint density at radius 3 is 2.38 bits per heavy atom. The van der Waals surface area contributed by atoms with E-state index in [1.54, 1.807) is 4.90 Å². The Labute approximate surface area is 160 Å². The predicted molar refractivity (Wildman–Crippen MR) is 106 cm³/mol. The van der Waals surface area contributed by atoms with Crippen molar-refractivity contribution in [1.82, 2.24) is 10.2 Å². The van der Waals surface area contributed by atoms with Crippen molar-refractivity contribution in [3.63, 3.8) is 0 Å². The number of nitrogens with zero attached hydrogens (tertiary/aromatic N) is 1. The van der Waals surface area contributed by atoms with Crippen LogP contribution in [0.4, 0.5) is 0 Å². The molecule has 0 radical (unpaired) electrons. The standard InChI is InChI=1S/C20H30N2O3S/c1-15(2)12-17-4-6-18(7-5-17)16(3)21-19(23)13-26-14-20(24)22-8-10-25-11-9-22/h4-7,15-16H,8-14H2,1-3H3,(H,21,23). The first kappa shape index (κ1) is 20.8. The Morgan fingerprint density at radius 1 is 1.12 bits per heavy atom. The van der Waals surface area contributed by atoms with Crippen LogP contribution < -0.4 is 5.32 Å². The first-order valence-corrected chi connectivity index (χ1v) is 10.4. The van der Waals surface area contributed by atoms with Gasteiger partial charge in [-0.3, -0.25) is 9.59 Å². The molecular formula is C20H30N2O3S. The Morgan fingerprint density at radius 2 is 1.77 bits per heavy atom. The van der Waals surface area contributed by atoms with Crippen LogP contribution in [0.1, 0.15) is 37.9 Å². The van der Waals surface area contributed by atoms with E-state index in [4.69, 9.17) is 4.74 Å². The zero-order valence-corrected chi connectivity index (χ0v) is 16.8. The van der Waals surface area contributed by atoms with E-state index in [1.807, 2.05) is 6.92 Å². The molecule has 1 atom stereocenters. The minimum Gasteiger partial charge on any atom is -0.378 e. The van der Waals surface area contributed by atoms with E-state index >= 15 is 0 Å². The number of thioether (sulfide) groups is 1. The lowest BCUT2D eigenvalue weighted by Gasteiger charge is -2.26. The number of amides is 2. The van der Waals surface area contributed by atoms with Crippen molar-refractivity contribution in [3.05, 3.63) is 35.4 Å². The van der Waals surface area contributed by atoms with Gasteiger partial charge in [-0.25, -0.2) is 0 Å². The van der Waals surface area contributed by atoms with Gasteiger partial charge in [0.15, 0.2) is 0 Å². The van der Waals surface area contributed by atoms with Crippen molar-refractivity contribution in [2.75, 3.05) is 37.8 Å². The fraction of sp³-hybridized carbons (Fsp3) is 0.600. The molecule has 6 heteroatoms. The van der Waals surface area contributed by atoms with Gasteiger partial charge in [-0.1, -0.05) is 38.1 Å².